The van der Waals surface area contributed by atoms with Gasteiger partial charge in [0.05, 0.1) is 6.10 Å². The largest absolute Gasteiger partial charge is 0.458 e. The molecule has 166 valence electrons. The summed E-state index contributed by atoms with van der Waals surface area (Å²) < 4.78 is 10.6. The summed E-state index contributed by atoms with van der Waals surface area (Å²) in [6.45, 7) is 5.18. The minimum atomic E-state index is -1.66. The van der Waals surface area contributed by atoms with Crippen LogP contribution < -0.4 is 0 Å². The second-order valence-electron chi connectivity index (χ2n) is 10.4. The zero-order valence-corrected chi connectivity index (χ0v) is 18.5. The standard InChI is InChI=1S/C24H34O6/c1-14(25)30-13-20(27)24(28)21(29-4)12-19-17-6-5-15-11-16(26)7-9-22(15,2)18(17)8-10-23(19,24)3/h11,17-19,21,28H,5-10,12-13H2,1-4H3/t17-,18+,19+,21+,22+,23+,24+/m1/s1. The average molecular weight is 419 g/mol. The summed E-state index contributed by atoms with van der Waals surface area (Å²) in [5.74, 6) is 0.241. The third-order valence-corrected chi connectivity index (χ3v) is 9.27. The molecule has 0 saturated heterocycles. The molecule has 0 radical (unpaired) electrons. The summed E-state index contributed by atoms with van der Waals surface area (Å²) in [6, 6.07) is 0. The van der Waals surface area contributed by atoms with Crippen LogP contribution in [0, 0.1) is 28.6 Å². The molecule has 30 heavy (non-hydrogen) atoms. The van der Waals surface area contributed by atoms with Gasteiger partial charge >= 0.3 is 5.97 Å². The molecular weight excluding hydrogens is 384 g/mol. The first-order valence-corrected chi connectivity index (χ1v) is 11.2. The van der Waals surface area contributed by atoms with Crippen LogP contribution in [0.15, 0.2) is 11.6 Å². The molecule has 6 nitrogen and oxygen atoms in total. The number of Topliss-reactive ketones (excluding diaryl/α,β-unsaturated/α-hetero) is 1. The summed E-state index contributed by atoms with van der Waals surface area (Å²) >= 11 is 0. The van der Waals surface area contributed by atoms with Gasteiger partial charge in [-0.2, -0.15) is 0 Å². The van der Waals surface area contributed by atoms with Crippen molar-refractivity contribution in [2.75, 3.05) is 13.7 Å². The van der Waals surface area contributed by atoms with Crippen LogP contribution in [0.25, 0.3) is 0 Å². The third kappa shape index (κ3) is 2.86. The molecule has 3 saturated carbocycles. The quantitative estimate of drug-likeness (QED) is 0.706. The van der Waals surface area contributed by atoms with E-state index in [2.05, 4.69) is 6.92 Å². The molecule has 0 unspecified atom stereocenters. The number of ether oxygens (including phenoxy) is 2. The molecule has 0 aromatic heterocycles. The van der Waals surface area contributed by atoms with Gasteiger partial charge in [-0.3, -0.25) is 14.4 Å². The van der Waals surface area contributed by atoms with E-state index in [1.54, 1.807) is 7.11 Å². The van der Waals surface area contributed by atoms with Crippen molar-refractivity contribution < 1.29 is 29.0 Å². The summed E-state index contributed by atoms with van der Waals surface area (Å²) in [7, 11) is 1.54. The van der Waals surface area contributed by atoms with Gasteiger partial charge in [-0.25, -0.2) is 0 Å². The molecule has 6 heteroatoms. The Labute approximate surface area is 178 Å². The first-order valence-electron chi connectivity index (χ1n) is 11.2. The van der Waals surface area contributed by atoms with Gasteiger partial charge in [0.1, 0.15) is 0 Å². The third-order valence-electron chi connectivity index (χ3n) is 9.27. The number of methoxy groups -OCH3 is 1. The Bertz CT molecular complexity index is 802. The lowest BCUT2D eigenvalue weighted by atomic mass is 9.46. The van der Waals surface area contributed by atoms with Gasteiger partial charge in [-0.1, -0.05) is 19.4 Å². The number of ketones is 2. The van der Waals surface area contributed by atoms with Crippen LogP contribution >= 0.6 is 0 Å². The van der Waals surface area contributed by atoms with E-state index in [0.717, 1.165) is 32.1 Å². The van der Waals surface area contributed by atoms with E-state index in [-0.39, 0.29) is 17.1 Å². The highest BCUT2D eigenvalue weighted by molar-refractivity contribution is 5.92. The molecule has 4 aliphatic carbocycles. The Kier molecular flexibility index (Phi) is 5.25. The van der Waals surface area contributed by atoms with Crippen LogP contribution in [0.5, 0.6) is 0 Å². The predicted molar refractivity (Wildman–Crippen MR) is 109 cm³/mol. The first-order chi connectivity index (χ1) is 14.1. The zero-order valence-electron chi connectivity index (χ0n) is 18.5. The van der Waals surface area contributed by atoms with Gasteiger partial charge in [0.15, 0.2) is 18.0 Å². The molecule has 0 heterocycles. The van der Waals surface area contributed by atoms with Crippen molar-refractivity contribution in [1.29, 1.82) is 0 Å². The summed E-state index contributed by atoms with van der Waals surface area (Å²) in [5.41, 5.74) is -0.949. The highest BCUT2D eigenvalue weighted by Gasteiger charge is 2.70. The van der Waals surface area contributed by atoms with E-state index in [0.29, 0.717) is 24.7 Å². The van der Waals surface area contributed by atoms with Crippen molar-refractivity contribution in [2.45, 2.75) is 77.4 Å². The number of carbonyl (C=O) groups is 3. The Hall–Kier alpha value is -1.53. The number of aliphatic hydroxyl groups is 1. The van der Waals surface area contributed by atoms with Crippen molar-refractivity contribution >= 4 is 17.5 Å². The monoisotopic (exact) mass is 418 g/mol. The second-order valence-corrected chi connectivity index (χ2v) is 10.4. The van der Waals surface area contributed by atoms with Crippen LogP contribution in [-0.2, 0) is 23.9 Å². The number of allylic oxidation sites excluding steroid dienone is 1. The van der Waals surface area contributed by atoms with Crippen molar-refractivity contribution in [3.8, 4) is 0 Å². The minimum Gasteiger partial charge on any atom is -0.458 e. The molecule has 0 aliphatic heterocycles. The van der Waals surface area contributed by atoms with Gasteiger partial charge in [0.25, 0.3) is 0 Å². The smallest absolute Gasteiger partial charge is 0.303 e. The van der Waals surface area contributed by atoms with Gasteiger partial charge in [-0.05, 0) is 67.8 Å². The van der Waals surface area contributed by atoms with Crippen molar-refractivity contribution in [3.63, 3.8) is 0 Å². The average Bonchev–Trinajstić information content (AvgIpc) is 2.94. The Morgan fingerprint density at radius 2 is 1.90 bits per heavy atom. The zero-order chi connectivity index (χ0) is 21.9. The Balaban J connectivity index is 1.67. The number of hydrogen-bond acceptors (Lipinski definition) is 6. The lowest BCUT2D eigenvalue weighted by molar-refractivity contribution is -0.184. The van der Waals surface area contributed by atoms with E-state index in [1.807, 2.05) is 13.0 Å². The lowest BCUT2D eigenvalue weighted by Gasteiger charge is -2.58. The van der Waals surface area contributed by atoms with Crippen molar-refractivity contribution in [3.05, 3.63) is 11.6 Å². The second kappa shape index (κ2) is 7.27. The van der Waals surface area contributed by atoms with Gasteiger partial charge in [-0.15, -0.1) is 0 Å². The number of hydrogen-bond donors (Lipinski definition) is 1. The molecule has 0 spiro atoms. The Morgan fingerprint density at radius 1 is 1.17 bits per heavy atom. The molecule has 0 bridgehead atoms. The van der Waals surface area contributed by atoms with Crippen LogP contribution in [0.1, 0.15) is 65.7 Å². The fourth-order valence-electron chi connectivity index (χ4n) is 7.60. The van der Waals surface area contributed by atoms with Gasteiger partial charge < -0.3 is 14.6 Å². The lowest BCUT2D eigenvalue weighted by Crippen LogP contribution is -2.61. The van der Waals surface area contributed by atoms with E-state index >= 15 is 0 Å². The topological polar surface area (TPSA) is 89.9 Å². The normalized spacial score (nSPS) is 45.1. The molecule has 0 aromatic carbocycles. The molecule has 7 atom stereocenters. The van der Waals surface area contributed by atoms with E-state index < -0.39 is 35.5 Å². The molecule has 0 aromatic rings. The molecule has 3 fully saturated rings. The first kappa shape index (κ1) is 21.7. The fourth-order valence-corrected chi connectivity index (χ4v) is 7.60. The molecular formula is C24H34O6. The summed E-state index contributed by atoms with van der Waals surface area (Å²) in [6.07, 6.45) is 6.94. The SMILES string of the molecule is CO[C@H]1C[C@H]2[C@@H]3CCC4=CC(=O)CC[C@]4(C)[C@H]3CC[C@]2(C)[C@]1(O)C(=O)COC(C)=O. The fraction of sp³-hybridized carbons (Fsp3) is 0.792. The van der Waals surface area contributed by atoms with Crippen LogP contribution in [0.3, 0.4) is 0 Å². The molecule has 4 rings (SSSR count). The highest BCUT2D eigenvalue weighted by atomic mass is 16.5. The predicted octanol–water partition coefficient (Wildman–Crippen LogP) is 3.01. The van der Waals surface area contributed by atoms with Crippen molar-refractivity contribution in [1.82, 2.24) is 0 Å². The number of fused-ring (bicyclic) bond motifs is 5. The number of esters is 1. The van der Waals surface area contributed by atoms with Crippen LogP contribution in [0.2, 0.25) is 0 Å². The maximum Gasteiger partial charge on any atom is 0.303 e. The molecule has 1 N–H and O–H groups in total. The Morgan fingerprint density at radius 3 is 2.57 bits per heavy atom. The highest BCUT2D eigenvalue weighted by Crippen LogP contribution is 2.67. The van der Waals surface area contributed by atoms with E-state index in [9.17, 15) is 19.5 Å². The minimum absolute atomic E-state index is 0.0309. The van der Waals surface area contributed by atoms with E-state index in [1.165, 1.54) is 12.5 Å². The maximum absolute atomic E-state index is 13.1. The van der Waals surface area contributed by atoms with Crippen molar-refractivity contribution in [2.24, 2.45) is 28.6 Å². The summed E-state index contributed by atoms with van der Waals surface area (Å²) in [5, 5.41) is 11.8. The van der Waals surface area contributed by atoms with E-state index in [4.69, 9.17) is 9.47 Å². The number of rotatable bonds is 4. The van der Waals surface area contributed by atoms with Crippen LogP contribution in [-0.4, -0.2) is 48.1 Å². The van der Waals surface area contributed by atoms with Crippen LogP contribution in [0.4, 0.5) is 0 Å². The number of carbonyl (C=O) groups excluding carboxylic acids is 3. The maximum atomic E-state index is 13.1. The summed E-state index contributed by atoms with van der Waals surface area (Å²) in [4.78, 5) is 36.4. The molecule has 0 amide bonds. The molecule has 4 aliphatic rings. The van der Waals surface area contributed by atoms with Gasteiger partial charge in [0, 0.05) is 25.9 Å². The van der Waals surface area contributed by atoms with Gasteiger partial charge in [0.2, 0.25) is 5.78 Å².